The summed E-state index contributed by atoms with van der Waals surface area (Å²) in [6, 6.07) is 15.0. The molecule has 5 heteroatoms. The van der Waals surface area contributed by atoms with Crippen molar-refractivity contribution in [3.05, 3.63) is 65.4 Å². The highest BCUT2D eigenvalue weighted by atomic mass is 35.5. The van der Waals surface area contributed by atoms with Crippen molar-refractivity contribution >= 4 is 28.5 Å². The molecule has 1 aromatic heterocycles. The van der Waals surface area contributed by atoms with Gasteiger partial charge >= 0.3 is 0 Å². The standard InChI is InChI=1S/C17H16ClN3O/c18-14-6-3-5-13(11-14)17(22)19-9-4-10-21-12-20-15-7-1-2-8-16(15)21/h1-3,5-8,11-12H,4,9-10H2,(H,19,22). The average Bonchev–Trinajstić information content (AvgIpc) is 2.95. The Morgan fingerprint density at radius 2 is 2.05 bits per heavy atom. The second kappa shape index (κ2) is 6.62. The molecular weight excluding hydrogens is 298 g/mol. The van der Waals surface area contributed by atoms with Gasteiger partial charge in [0.2, 0.25) is 0 Å². The summed E-state index contributed by atoms with van der Waals surface area (Å²) >= 11 is 5.88. The minimum atomic E-state index is -0.0991. The molecule has 0 spiro atoms. The molecule has 0 aliphatic heterocycles. The van der Waals surface area contributed by atoms with Crippen LogP contribution >= 0.6 is 11.6 Å². The van der Waals surface area contributed by atoms with Gasteiger partial charge in [-0.05, 0) is 36.8 Å². The predicted octanol–water partition coefficient (Wildman–Crippen LogP) is 3.51. The van der Waals surface area contributed by atoms with Crippen LogP contribution < -0.4 is 5.32 Å². The quantitative estimate of drug-likeness (QED) is 0.733. The lowest BCUT2D eigenvalue weighted by Gasteiger charge is -2.07. The van der Waals surface area contributed by atoms with Gasteiger partial charge in [0, 0.05) is 23.7 Å². The van der Waals surface area contributed by atoms with Crippen molar-refractivity contribution in [3.8, 4) is 0 Å². The molecule has 3 rings (SSSR count). The summed E-state index contributed by atoms with van der Waals surface area (Å²) < 4.78 is 2.10. The molecule has 0 aliphatic carbocycles. The van der Waals surface area contributed by atoms with E-state index in [1.807, 2.05) is 30.6 Å². The highest BCUT2D eigenvalue weighted by molar-refractivity contribution is 6.30. The summed E-state index contributed by atoms with van der Waals surface area (Å²) in [4.78, 5) is 16.3. The van der Waals surface area contributed by atoms with Gasteiger partial charge in [-0.15, -0.1) is 0 Å². The smallest absolute Gasteiger partial charge is 0.251 e. The number of carbonyl (C=O) groups excluding carboxylic acids is 1. The van der Waals surface area contributed by atoms with Crippen molar-refractivity contribution in [2.75, 3.05) is 6.54 Å². The van der Waals surface area contributed by atoms with Crippen LogP contribution in [0.2, 0.25) is 5.02 Å². The molecule has 112 valence electrons. The third-order valence-electron chi connectivity index (χ3n) is 3.48. The Hall–Kier alpha value is -2.33. The first-order chi connectivity index (χ1) is 10.7. The van der Waals surface area contributed by atoms with Gasteiger partial charge in [0.15, 0.2) is 0 Å². The van der Waals surface area contributed by atoms with Gasteiger partial charge in [-0.25, -0.2) is 4.98 Å². The molecule has 0 saturated heterocycles. The number of carbonyl (C=O) groups is 1. The fourth-order valence-electron chi connectivity index (χ4n) is 2.37. The molecule has 0 unspecified atom stereocenters. The number of aryl methyl sites for hydroxylation is 1. The van der Waals surface area contributed by atoms with Gasteiger partial charge in [-0.2, -0.15) is 0 Å². The van der Waals surface area contributed by atoms with Crippen LogP contribution in [0, 0.1) is 0 Å². The molecular formula is C17H16ClN3O. The van der Waals surface area contributed by atoms with Crippen molar-refractivity contribution in [3.63, 3.8) is 0 Å². The third kappa shape index (κ3) is 3.28. The number of imidazole rings is 1. The number of amides is 1. The first-order valence-corrected chi connectivity index (χ1v) is 7.55. The SMILES string of the molecule is O=C(NCCCn1cnc2ccccc21)c1cccc(Cl)c1. The van der Waals surface area contributed by atoms with Crippen molar-refractivity contribution in [2.45, 2.75) is 13.0 Å². The van der Waals surface area contributed by atoms with Gasteiger partial charge in [-0.3, -0.25) is 4.79 Å². The number of rotatable bonds is 5. The molecule has 0 fully saturated rings. The molecule has 0 saturated carbocycles. The van der Waals surface area contributed by atoms with Crippen molar-refractivity contribution in [1.29, 1.82) is 0 Å². The minimum Gasteiger partial charge on any atom is -0.352 e. The normalized spacial score (nSPS) is 10.8. The molecule has 3 aromatic rings. The van der Waals surface area contributed by atoms with Crippen molar-refractivity contribution < 1.29 is 4.79 Å². The van der Waals surface area contributed by atoms with E-state index in [2.05, 4.69) is 14.9 Å². The van der Waals surface area contributed by atoms with Crippen LogP contribution in [0.25, 0.3) is 11.0 Å². The maximum Gasteiger partial charge on any atom is 0.251 e. The van der Waals surface area contributed by atoms with Crippen LogP contribution in [0.4, 0.5) is 0 Å². The van der Waals surface area contributed by atoms with E-state index in [0.717, 1.165) is 24.0 Å². The monoisotopic (exact) mass is 313 g/mol. The summed E-state index contributed by atoms with van der Waals surface area (Å²) in [5.74, 6) is -0.0991. The zero-order chi connectivity index (χ0) is 15.4. The zero-order valence-corrected chi connectivity index (χ0v) is 12.8. The Bertz CT molecular complexity index is 797. The summed E-state index contributed by atoms with van der Waals surface area (Å²) in [6.07, 6.45) is 2.68. The average molecular weight is 314 g/mol. The van der Waals surface area contributed by atoms with E-state index in [0.29, 0.717) is 17.1 Å². The molecule has 0 atom stereocenters. The molecule has 1 amide bonds. The van der Waals surface area contributed by atoms with Crippen LogP contribution in [0.15, 0.2) is 54.9 Å². The van der Waals surface area contributed by atoms with Gasteiger partial charge < -0.3 is 9.88 Å². The fraction of sp³-hybridized carbons (Fsp3) is 0.176. The summed E-state index contributed by atoms with van der Waals surface area (Å²) in [5.41, 5.74) is 2.69. The Kier molecular flexibility index (Phi) is 4.39. The van der Waals surface area contributed by atoms with Gasteiger partial charge in [0.05, 0.1) is 17.4 Å². The van der Waals surface area contributed by atoms with Crippen LogP contribution in [0.5, 0.6) is 0 Å². The molecule has 2 aromatic carbocycles. The number of hydrogen-bond donors (Lipinski definition) is 1. The highest BCUT2D eigenvalue weighted by Crippen LogP contribution is 2.12. The number of fused-ring (bicyclic) bond motifs is 1. The van der Waals surface area contributed by atoms with Crippen LogP contribution in [0.3, 0.4) is 0 Å². The molecule has 0 radical (unpaired) electrons. The van der Waals surface area contributed by atoms with E-state index in [1.165, 1.54) is 0 Å². The maximum atomic E-state index is 12.0. The van der Waals surface area contributed by atoms with E-state index >= 15 is 0 Å². The minimum absolute atomic E-state index is 0.0991. The van der Waals surface area contributed by atoms with Crippen molar-refractivity contribution in [2.24, 2.45) is 0 Å². The van der Waals surface area contributed by atoms with Gasteiger partial charge in [0.1, 0.15) is 0 Å². The second-order valence-corrected chi connectivity index (χ2v) is 5.48. The van der Waals surface area contributed by atoms with E-state index in [1.54, 1.807) is 24.3 Å². The van der Waals surface area contributed by atoms with E-state index in [9.17, 15) is 4.79 Å². The molecule has 4 nitrogen and oxygen atoms in total. The Morgan fingerprint density at radius 3 is 2.91 bits per heavy atom. The summed E-state index contributed by atoms with van der Waals surface area (Å²) in [7, 11) is 0. The first kappa shape index (κ1) is 14.6. The summed E-state index contributed by atoms with van der Waals surface area (Å²) in [6.45, 7) is 1.42. The molecule has 1 N–H and O–H groups in total. The Balaban J connectivity index is 1.52. The topological polar surface area (TPSA) is 46.9 Å². The number of nitrogens with zero attached hydrogens (tertiary/aromatic N) is 2. The van der Waals surface area contributed by atoms with Gasteiger partial charge in [0.25, 0.3) is 5.91 Å². The number of aromatic nitrogens is 2. The number of benzene rings is 2. The van der Waals surface area contributed by atoms with Crippen LogP contribution in [-0.4, -0.2) is 22.0 Å². The van der Waals surface area contributed by atoms with E-state index < -0.39 is 0 Å². The number of halogens is 1. The highest BCUT2D eigenvalue weighted by Gasteiger charge is 2.05. The van der Waals surface area contributed by atoms with E-state index in [4.69, 9.17) is 11.6 Å². The maximum absolute atomic E-state index is 12.0. The van der Waals surface area contributed by atoms with Gasteiger partial charge in [-0.1, -0.05) is 29.8 Å². The van der Waals surface area contributed by atoms with Crippen molar-refractivity contribution in [1.82, 2.24) is 14.9 Å². The predicted molar refractivity (Wildman–Crippen MR) is 88.1 cm³/mol. The zero-order valence-electron chi connectivity index (χ0n) is 12.0. The molecule has 22 heavy (non-hydrogen) atoms. The summed E-state index contributed by atoms with van der Waals surface area (Å²) in [5, 5.41) is 3.47. The Morgan fingerprint density at radius 1 is 1.18 bits per heavy atom. The number of nitrogens with one attached hydrogen (secondary N) is 1. The lowest BCUT2D eigenvalue weighted by molar-refractivity contribution is 0.0953. The largest absolute Gasteiger partial charge is 0.352 e. The lowest BCUT2D eigenvalue weighted by atomic mass is 10.2. The third-order valence-corrected chi connectivity index (χ3v) is 3.71. The molecule has 0 bridgehead atoms. The first-order valence-electron chi connectivity index (χ1n) is 7.18. The molecule has 1 heterocycles. The fourth-order valence-corrected chi connectivity index (χ4v) is 2.56. The van der Waals surface area contributed by atoms with Crippen LogP contribution in [0.1, 0.15) is 16.8 Å². The number of hydrogen-bond acceptors (Lipinski definition) is 2. The second-order valence-electron chi connectivity index (χ2n) is 5.05. The molecule has 0 aliphatic rings. The Labute approximate surface area is 133 Å². The van der Waals surface area contributed by atoms with Crippen LogP contribution in [-0.2, 0) is 6.54 Å². The lowest BCUT2D eigenvalue weighted by Crippen LogP contribution is -2.25. The van der Waals surface area contributed by atoms with E-state index in [-0.39, 0.29) is 5.91 Å². The number of para-hydroxylation sites is 2.